The molecule has 186 valence electrons. The van der Waals surface area contributed by atoms with Crippen LogP contribution in [0.2, 0.25) is 0 Å². The number of hydrogen-bond acceptors (Lipinski definition) is 6. The molecule has 1 saturated heterocycles. The number of hydrazone groups is 1. The fraction of sp³-hybridized carbons (Fsp3) is 0.321. The van der Waals surface area contributed by atoms with Crippen LogP contribution < -0.4 is 15.7 Å². The Hall–Kier alpha value is -3.91. The first-order chi connectivity index (χ1) is 17.5. The molecule has 2 aliphatic rings. The topological polar surface area (TPSA) is 96.2 Å². The number of phenols is 1. The van der Waals surface area contributed by atoms with Crippen LogP contribution in [0.1, 0.15) is 46.4 Å². The van der Waals surface area contributed by atoms with Crippen LogP contribution in [-0.2, 0) is 13.1 Å². The molecule has 0 aliphatic carbocycles. The van der Waals surface area contributed by atoms with Gasteiger partial charge < -0.3 is 14.4 Å². The Balaban J connectivity index is 1.30. The monoisotopic (exact) mass is 486 g/mol. The molecule has 36 heavy (non-hydrogen) atoms. The van der Waals surface area contributed by atoms with E-state index < -0.39 is 5.91 Å². The highest BCUT2D eigenvalue weighted by Crippen LogP contribution is 2.36. The highest BCUT2D eigenvalue weighted by molar-refractivity contribution is 5.95. The van der Waals surface area contributed by atoms with Gasteiger partial charge in [-0.25, -0.2) is 5.43 Å². The number of pyridine rings is 1. The summed E-state index contributed by atoms with van der Waals surface area (Å²) in [4.78, 5) is 27.1. The second-order valence-corrected chi connectivity index (χ2v) is 9.44. The molecule has 8 nitrogen and oxygen atoms in total. The summed E-state index contributed by atoms with van der Waals surface area (Å²) in [6.45, 7) is 5.87. The van der Waals surface area contributed by atoms with Gasteiger partial charge in [-0.2, -0.15) is 5.10 Å². The number of ether oxygens (including phenoxy) is 1. The van der Waals surface area contributed by atoms with Gasteiger partial charge in [-0.05, 0) is 67.3 Å². The van der Waals surface area contributed by atoms with Crippen LogP contribution in [0.5, 0.6) is 11.5 Å². The minimum absolute atomic E-state index is 0.0280. The molecular weight excluding hydrogens is 456 g/mol. The van der Waals surface area contributed by atoms with E-state index in [1.54, 1.807) is 24.4 Å². The maximum atomic E-state index is 12.3. The quantitative estimate of drug-likeness (QED) is 0.395. The number of aromatic hydroxyl groups is 1. The van der Waals surface area contributed by atoms with E-state index in [-0.39, 0.29) is 11.3 Å². The van der Waals surface area contributed by atoms with Crippen molar-refractivity contribution >= 4 is 12.1 Å². The Kier molecular flexibility index (Phi) is 6.86. The minimum Gasteiger partial charge on any atom is -0.508 e. The first-order valence-electron chi connectivity index (χ1n) is 12.3. The number of phenolic OH excluding ortho intramolecular Hbond substituents is 1. The molecule has 2 bridgehead atoms. The van der Waals surface area contributed by atoms with Gasteiger partial charge in [-0.3, -0.25) is 14.5 Å². The lowest BCUT2D eigenvalue weighted by Crippen LogP contribution is -2.46. The molecule has 3 aromatic rings. The molecular formula is C28H30N4O4. The van der Waals surface area contributed by atoms with E-state index in [4.69, 9.17) is 4.74 Å². The summed E-state index contributed by atoms with van der Waals surface area (Å²) in [6, 6.07) is 17.6. The van der Waals surface area contributed by atoms with E-state index in [1.165, 1.54) is 12.1 Å². The molecule has 3 heterocycles. The van der Waals surface area contributed by atoms with Crippen LogP contribution >= 0.6 is 0 Å². The van der Waals surface area contributed by atoms with Gasteiger partial charge >= 0.3 is 0 Å². The Labute approximate surface area is 209 Å². The number of likely N-dealkylation sites (tertiary alicyclic amines) is 1. The smallest absolute Gasteiger partial charge is 0.271 e. The number of rotatable bonds is 7. The zero-order valence-corrected chi connectivity index (χ0v) is 20.3. The molecule has 0 saturated carbocycles. The Morgan fingerprint density at radius 2 is 2.00 bits per heavy atom. The van der Waals surface area contributed by atoms with Crippen LogP contribution in [0.25, 0.3) is 0 Å². The third-order valence-corrected chi connectivity index (χ3v) is 6.82. The Morgan fingerprint density at radius 3 is 2.83 bits per heavy atom. The lowest BCUT2D eigenvalue weighted by atomic mass is 9.83. The number of benzene rings is 2. The molecule has 2 aromatic carbocycles. The second kappa shape index (κ2) is 10.4. The maximum Gasteiger partial charge on any atom is 0.271 e. The predicted octanol–water partition coefficient (Wildman–Crippen LogP) is 3.34. The standard InChI is InChI=1S/C28H30N4O4/c1-2-36-26-10-9-19(14-29-30-28(35)21-5-3-6-24(33)13-21)11-23(26)18-31-15-20-12-22(17-31)25-7-4-8-27(34)32(25)16-20/h3-11,13-14,20,22,33H,2,12,15-18H2,1H3,(H,30,35)/b29-14+. The molecule has 2 N–H and O–H groups in total. The number of nitrogens with one attached hydrogen (secondary N) is 1. The summed E-state index contributed by atoms with van der Waals surface area (Å²) in [5, 5.41) is 13.7. The highest BCUT2D eigenvalue weighted by atomic mass is 16.5. The van der Waals surface area contributed by atoms with Gasteiger partial charge in [0.2, 0.25) is 0 Å². The van der Waals surface area contributed by atoms with E-state index in [0.717, 1.165) is 55.2 Å². The van der Waals surface area contributed by atoms with Crippen LogP contribution in [0.4, 0.5) is 0 Å². The largest absolute Gasteiger partial charge is 0.508 e. The summed E-state index contributed by atoms with van der Waals surface area (Å²) in [7, 11) is 0. The van der Waals surface area contributed by atoms with Gasteiger partial charge in [0.05, 0.1) is 12.8 Å². The lowest BCUT2D eigenvalue weighted by molar-refractivity contribution is 0.0954. The maximum absolute atomic E-state index is 12.3. The van der Waals surface area contributed by atoms with Crippen LogP contribution in [0.3, 0.4) is 0 Å². The summed E-state index contributed by atoms with van der Waals surface area (Å²) in [5.74, 6) is 1.27. The fourth-order valence-corrected chi connectivity index (χ4v) is 5.34. The van der Waals surface area contributed by atoms with Crippen LogP contribution in [0, 0.1) is 5.92 Å². The SMILES string of the molecule is CCOc1ccc(/C=N/NC(=O)c2cccc(O)c2)cc1CN1CC2CC(C1)c1cccc(=O)n1C2. The van der Waals surface area contributed by atoms with Crippen LogP contribution in [-0.4, -0.2) is 46.4 Å². The van der Waals surface area contributed by atoms with Gasteiger partial charge in [0.25, 0.3) is 11.5 Å². The number of aromatic nitrogens is 1. The first kappa shape index (κ1) is 23.8. The summed E-state index contributed by atoms with van der Waals surface area (Å²) >= 11 is 0. The molecule has 0 spiro atoms. The summed E-state index contributed by atoms with van der Waals surface area (Å²) < 4.78 is 7.85. The zero-order valence-electron chi connectivity index (χ0n) is 20.3. The zero-order chi connectivity index (χ0) is 25.1. The average molecular weight is 487 g/mol. The Morgan fingerprint density at radius 1 is 1.14 bits per heavy atom. The highest BCUT2D eigenvalue weighted by Gasteiger charge is 2.34. The molecule has 2 atom stereocenters. The lowest BCUT2D eigenvalue weighted by Gasteiger charge is -2.43. The Bertz CT molecular complexity index is 1350. The van der Waals surface area contributed by atoms with Crippen molar-refractivity contribution in [1.29, 1.82) is 0 Å². The normalized spacial score (nSPS) is 19.1. The van der Waals surface area contributed by atoms with Crippen molar-refractivity contribution < 1.29 is 14.6 Å². The first-order valence-corrected chi connectivity index (χ1v) is 12.3. The van der Waals surface area contributed by atoms with Gasteiger partial charge in [0.15, 0.2) is 0 Å². The van der Waals surface area contributed by atoms with Gasteiger partial charge in [-0.15, -0.1) is 0 Å². The molecule has 5 rings (SSSR count). The van der Waals surface area contributed by atoms with Gasteiger partial charge in [0.1, 0.15) is 11.5 Å². The van der Waals surface area contributed by atoms with Crippen molar-refractivity contribution in [2.45, 2.75) is 32.4 Å². The molecule has 2 aliphatic heterocycles. The predicted molar refractivity (Wildman–Crippen MR) is 138 cm³/mol. The molecule has 1 aromatic heterocycles. The molecule has 2 unspecified atom stereocenters. The number of fused-ring (bicyclic) bond motifs is 4. The van der Waals surface area contributed by atoms with Crippen molar-refractivity contribution in [2.24, 2.45) is 11.0 Å². The molecule has 0 radical (unpaired) electrons. The summed E-state index contributed by atoms with van der Waals surface area (Å²) in [5.41, 5.74) is 5.98. The third kappa shape index (κ3) is 5.18. The van der Waals surface area contributed by atoms with Crippen molar-refractivity contribution in [3.63, 3.8) is 0 Å². The van der Waals surface area contributed by atoms with E-state index in [2.05, 4.69) is 21.5 Å². The second-order valence-electron chi connectivity index (χ2n) is 9.44. The van der Waals surface area contributed by atoms with E-state index in [9.17, 15) is 14.7 Å². The van der Waals surface area contributed by atoms with Crippen molar-refractivity contribution in [3.05, 3.63) is 93.4 Å². The average Bonchev–Trinajstić information content (AvgIpc) is 2.86. The van der Waals surface area contributed by atoms with Crippen molar-refractivity contribution in [3.8, 4) is 11.5 Å². The molecule has 1 amide bonds. The molecule has 1 fully saturated rings. The van der Waals surface area contributed by atoms with Crippen molar-refractivity contribution in [1.82, 2.24) is 14.9 Å². The van der Waals surface area contributed by atoms with Crippen LogP contribution in [0.15, 0.2) is 70.6 Å². The number of carbonyl (C=O) groups excluding carboxylic acids is 1. The van der Waals surface area contributed by atoms with Crippen molar-refractivity contribution in [2.75, 3.05) is 19.7 Å². The minimum atomic E-state index is -0.396. The summed E-state index contributed by atoms with van der Waals surface area (Å²) in [6.07, 6.45) is 2.72. The third-order valence-electron chi connectivity index (χ3n) is 6.82. The van der Waals surface area contributed by atoms with E-state index in [1.807, 2.05) is 35.8 Å². The number of amides is 1. The fourth-order valence-electron chi connectivity index (χ4n) is 5.34. The van der Waals surface area contributed by atoms with Gasteiger partial charge in [-0.1, -0.05) is 12.1 Å². The number of nitrogens with zero attached hydrogens (tertiary/aromatic N) is 3. The number of piperidine rings is 1. The van der Waals surface area contributed by atoms with E-state index in [0.29, 0.717) is 24.0 Å². The van der Waals surface area contributed by atoms with Gasteiger partial charge in [0, 0.05) is 55.0 Å². The number of carbonyl (C=O) groups is 1. The number of hydrogen-bond donors (Lipinski definition) is 2. The van der Waals surface area contributed by atoms with E-state index >= 15 is 0 Å². The molecule has 8 heteroatoms.